The summed E-state index contributed by atoms with van der Waals surface area (Å²) in [4.78, 5) is 0. The fourth-order valence-electron chi connectivity index (χ4n) is 3.21. The number of hydrogen-bond acceptors (Lipinski definition) is 3. The average Bonchev–Trinajstić information content (AvgIpc) is 2.82. The molecule has 22 heavy (non-hydrogen) atoms. The molecule has 1 aliphatic heterocycles. The second kappa shape index (κ2) is 8.54. The highest BCUT2D eigenvalue weighted by atomic mass is 16.5. The Hall–Kier alpha value is -1.06. The summed E-state index contributed by atoms with van der Waals surface area (Å²) in [6.07, 6.45) is 9.37. The van der Waals surface area contributed by atoms with E-state index in [1.807, 2.05) is 13.8 Å². The first-order valence-electron chi connectivity index (χ1n) is 8.82. The Labute approximate surface area is 135 Å². The fourth-order valence-corrected chi connectivity index (χ4v) is 3.21. The average molecular weight is 305 g/mol. The lowest BCUT2D eigenvalue weighted by atomic mass is 9.99. The van der Waals surface area contributed by atoms with Crippen molar-refractivity contribution in [3.63, 3.8) is 0 Å². The molecule has 0 radical (unpaired) electrons. The monoisotopic (exact) mass is 305 g/mol. The minimum absolute atomic E-state index is 0.178. The van der Waals surface area contributed by atoms with Crippen LogP contribution < -0.4 is 5.32 Å². The van der Waals surface area contributed by atoms with Gasteiger partial charge in [-0.15, -0.1) is 0 Å². The number of morpholine rings is 1. The minimum Gasteiger partial charge on any atom is -0.491 e. The van der Waals surface area contributed by atoms with E-state index in [0.29, 0.717) is 18.4 Å². The lowest BCUT2D eigenvalue weighted by Gasteiger charge is -2.24. The molecular formula is C19H31NO2. The van der Waals surface area contributed by atoms with Crippen molar-refractivity contribution in [1.82, 2.24) is 5.32 Å². The van der Waals surface area contributed by atoms with Gasteiger partial charge in [0.25, 0.3) is 0 Å². The molecule has 0 amide bonds. The summed E-state index contributed by atoms with van der Waals surface area (Å²) in [6, 6.07) is 0. The largest absolute Gasteiger partial charge is 0.491 e. The first-order valence-corrected chi connectivity index (χ1v) is 8.82. The van der Waals surface area contributed by atoms with E-state index in [-0.39, 0.29) is 6.10 Å². The number of nitrogens with one attached hydrogen (secondary N) is 1. The summed E-state index contributed by atoms with van der Waals surface area (Å²) < 4.78 is 11.8. The third-order valence-corrected chi connectivity index (χ3v) is 4.43. The lowest BCUT2D eigenvalue weighted by Crippen LogP contribution is -2.40. The van der Waals surface area contributed by atoms with Crippen LogP contribution in [0.1, 0.15) is 40.5 Å². The third kappa shape index (κ3) is 4.23. The normalized spacial score (nSPS) is 30.9. The van der Waals surface area contributed by atoms with E-state index in [9.17, 15) is 0 Å². The van der Waals surface area contributed by atoms with Crippen molar-refractivity contribution in [2.24, 2.45) is 11.8 Å². The molecule has 1 saturated heterocycles. The molecule has 3 atom stereocenters. The summed E-state index contributed by atoms with van der Waals surface area (Å²) in [6.45, 7) is 11.8. The third-order valence-electron chi connectivity index (χ3n) is 4.43. The van der Waals surface area contributed by atoms with Gasteiger partial charge in [0.1, 0.15) is 18.5 Å². The maximum atomic E-state index is 6.10. The van der Waals surface area contributed by atoms with E-state index in [1.54, 1.807) is 0 Å². The number of fused-ring (bicyclic) bond motifs is 1. The molecule has 1 heterocycles. The van der Waals surface area contributed by atoms with Crippen LogP contribution in [0.15, 0.2) is 35.1 Å². The van der Waals surface area contributed by atoms with Gasteiger partial charge in [-0.05, 0) is 41.9 Å². The van der Waals surface area contributed by atoms with Crippen molar-refractivity contribution in [1.29, 1.82) is 0 Å². The number of rotatable bonds is 3. The maximum absolute atomic E-state index is 6.10. The Bertz CT molecular complexity index is 444. The topological polar surface area (TPSA) is 30.5 Å². The molecule has 2 fully saturated rings. The van der Waals surface area contributed by atoms with Crippen LogP contribution in [0.25, 0.3) is 0 Å². The van der Waals surface area contributed by atoms with Gasteiger partial charge in [0.15, 0.2) is 0 Å². The standard InChI is InChI=1S/C17H25NO2.C2H6/c1-12-3-6-17(15-5-4-13(2)16(15)9-12)20-11-14-10-18-7-8-19-14;1-2/h3,6,9,12-14,18H,4-5,7-8,10-11H2,1-2H3;1-2H3. The zero-order valence-corrected chi connectivity index (χ0v) is 14.5. The van der Waals surface area contributed by atoms with Crippen LogP contribution in [-0.2, 0) is 9.47 Å². The van der Waals surface area contributed by atoms with Crippen LogP contribution in [0.5, 0.6) is 0 Å². The molecular weight excluding hydrogens is 274 g/mol. The van der Waals surface area contributed by atoms with Gasteiger partial charge >= 0.3 is 0 Å². The molecule has 3 unspecified atom stereocenters. The van der Waals surface area contributed by atoms with E-state index < -0.39 is 0 Å². The van der Waals surface area contributed by atoms with Crippen molar-refractivity contribution in [2.75, 3.05) is 26.3 Å². The first kappa shape index (κ1) is 17.3. The Morgan fingerprint density at radius 2 is 2.14 bits per heavy atom. The Kier molecular flexibility index (Phi) is 6.71. The van der Waals surface area contributed by atoms with Crippen molar-refractivity contribution in [3.8, 4) is 0 Å². The summed E-state index contributed by atoms with van der Waals surface area (Å²) >= 11 is 0. The molecule has 0 spiro atoms. The van der Waals surface area contributed by atoms with Gasteiger partial charge in [-0.2, -0.15) is 0 Å². The van der Waals surface area contributed by atoms with Crippen molar-refractivity contribution in [2.45, 2.75) is 46.6 Å². The molecule has 0 aromatic rings. The number of hydrogen-bond donors (Lipinski definition) is 1. The molecule has 1 saturated carbocycles. The van der Waals surface area contributed by atoms with Gasteiger partial charge in [-0.1, -0.05) is 39.8 Å². The molecule has 3 rings (SSSR count). The van der Waals surface area contributed by atoms with E-state index >= 15 is 0 Å². The highest BCUT2D eigenvalue weighted by Gasteiger charge is 2.27. The molecule has 1 N–H and O–H groups in total. The van der Waals surface area contributed by atoms with Crippen LogP contribution in [-0.4, -0.2) is 32.4 Å². The second-order valence-electron chi connectivity index (χ2n) is 6.13. The SMILES string of the molecule is CC.CC1C=CC(OCC2CNCCO2)=C2CCC(C)C2=C1. The highest BCUT2D eigenvalue weighted by molar-refractivity contribution is 5.45. The van der Waals surface area contributed by atoms with E-state index in [1.165, 1.54) is 17.6 Å². The van der Waals surface area contributed by atoms with Gasteiger partial charge in [0.05, 0.1) is 6.61 Å². The van der Waals surface area contributed by atoms with Crippen molar-refractivity contribution >= 4 is 0 Å². The molecule has 0 bridgehead atoms. The van der Waals surface area contributed by atoms with Gasteiger partial charge in [-0.3, -0.25) is 0 Å². The van der Waals surface area contributed by atoms with Gasteiger partial charge in [0, 0.05) is 13.1 Å². The molecule has 124 valence electrons. The summed E-state index contributed by atoms with van der Waals surface area (Å²) in [7, 11) is 0. The summed E-state index contributed by atoms with van der Waals surface area (Å²) in [5.74, 6) is 2.23. The van der Waals surface area contributed by atoms with Crippen molar-refractivity contribution in [3.05, 3.63) is 35.1 Å². The minimum atomic E-state index is 0.178. The quantitative estimate of drug-likeness (QED) is 0.859. The fraction of sp³-hybridized carbons (Fsp3) is 0.684. The second-order valence-corrected chi connectivity index (χ2v) is 6.13. The van der Waals surface area contributed by atoms with Gasteiger partial charge in [0.2, 0.25) is 0 Å². The van der Waals surface area contributed by atoms with Crippen LogP contribution in [0, 0.1) is 11.8 Å². The number of allylic oxidation sites excluding steroid dienone is 5. The zero-order valence-electron chi connectivity index (χ0n) is 14.5. The molecule has 3 aliphatic rings. The van der Waals surface area contributed by atoms with Crippen LogP contribution in [0.2, 0.25) is 0 Å². The van der Waals surface area contributed by atoms with E-state index in [4.69, 9.17) is 9.47 Å². The zero-order chi connectivity index (χ0) is 15.9. The predicted octanol–water partition coefficient (Wildman–Crippen LogP) is 3.83. The van der Waals surface area contributed by atoms with Gasteiger partial charge in [-0.25, -0.2) is 0 Å². The Morgan fingerprint density at radius 1 is 1.32 bits per heavy atom. The van der Waals surface area contributed by atoms with Gasteiger partial charge < -0.3 is 14.8 Å². The van der Waals surface area contributed by atoms with E-state index in [2.05, 4.69) is 37.4 Å². The lowest BCUT2D eigenvalue weighted by molar-refractivity contribution is -0.0141. The molecule has 3 nitrogen and oxygen atoms in total. The first-order chi connectivity index (χ1) is 10.7. The Balaban J connectivity index is 0.000000847. The molecule has 3 heteroatoms. The maximum Gasteiger partial charge on any atom is 0.122 e. The molecule has 0 aromatic carbocycles. The van der Waals surface area contributed by atoms with Crippen LogP contribution >= 0.6 is 0 Å². The highest BCUT2D eigenvalue weighted by Crippen LogP contribution is 2.40. The van der Waals surface area contributed by atoms with Crippen LogP contribution in [0.3, 0.4) is 0 Å². The van der Waals surface area contributed by atoms with Crippen molar-refractivity contribution < 1.29 is 9.47 Å². The molecule has 0 aromatic heterocycles. The summed E-state index contributed by atoms with van der Waals surface area (Å²) in [5.41, 5.74) is 2.92. The summed E-state index contributed by atoms with van der Waals surface area (Å²) in [5, 5.41) is 3.34. The number of ether oxygens (including phenoxy) is 2. The smallest absolute Gasteiger partial charge is 0.122 e. The van der Waals surface area contributed by atoms with Crippen LogP contribution in [0.4, 0.5) is 0 Å². The molecule has 2 aliphatic carbocycles. The predicted molar refractivity (Wildman–Crippen MR) is 91.7 cm³/mol. The Morgan fingerprint density at radius 3 is 2.86 bits per heavy atom. The van der Waals surface area contributed by atoms with E-state index in [0.717, 1.165) is 31.9 Å².